The van der Waals surface area contributed by atoms with Gasteiger partial charge >= 0.3 is 6.03 Å². The molecule has 2 aliphatic rings. The zero-order valence-corrected chi connectivity index (χ0v) is 18.8. The summed E-state index contributed by atoms with van der Waals surface area (Å²) in [6.07, 6.45) is 7.50. The number of anilines is 1. The molecule has 1 spiro atoms. The van der Waals surface area contributed by atoms with Gasteiger partial charge in [-0.3, -0.25) is 14.7 Å². The molecule has 8 nitrogen and oxygen atoms in total. The molecule has 2 aliphatic heterocycles. The van der Waals surface area contributed by atoms with Crippen molar-refractivity contribution in [3.05, 3.63) is 84.5 Å². The van der Waals surface area contributed by atoms with Crippen molar-refractivity contribution in [1.82, 2.24) is 25.2 Å². The first-order valence-electron chi connectivity index (χ1n) is 11.3. The van der Waals surface area contributed by atoms with Crippen LogP contribution in [0.2, 0.25) is 0 Å². The minimum absolute atomic E-state index is 0.0118. The number of carbonyl (C=O) groups excluding carboxylic acids is 2. The van der Waals surface area contributed by atoms with E-state index >= 15 is 0 Å². The number of β-lactam (4-membered cyclic amide) rings is 1. The fourth-order valence-electron chi connectivity index (χ4n) is 5.00. The lowest BCUT2D eigenvalue weighted by atomic mass is 9.63. The Morgan fingerprint density at radius 3 is 2.47 bits per heavy atom. The number of hydrogen-bond acceptors (Lipinski definition) is 5. The maximum atomic E-state index is 13.5. The summed E-state index contributed by atoms with van der Waals surface area (Å²) in [4.78, 5) is 42.5. The van der Waals surface area contributed by atoms with E-state index in [1.165, 1.54) is 18.5 Å². The molecule has 0 radical (unpaired) electrons. The van der Waals surface area contributed by atoms with Crippen molar-refractivity contribution in [3.8, 4) is 0 Å². The third-order valence-corrected chi connectivity index (χ3v) is 6.87. The summed E-state index contributed by atoms with van der Waals surface area (Å²) in [5.41, 5.74) is 1.66. The Bertz CT molecular complexity index is 1170. The van der Waals surface area contributed by atoms with E-state index < -0.39 is 5.41 Å². The molecule has 5 rings (SSSR count). The van der Waals surface area contributed by atoms with Gasteiger partial charge in [-0.05, 0) is 49.6 Å². The molecule has 1 N–H and O–H groups in total. The number of likely N-dealkylation sites (tertiary alicyclic amines) is 1. The number of aromatic nitrogens is 3. The number of rotatable bonds is 4. The quantitative estimate of drug-likeness (QED) is 0.600. The highest BCUT2D eigenvalue weighted by Gasteiger charge is 2.63. The van der Waals surface area contributed by atoms with Crippen LogP contribution in [0.4, 0.5) is 14.9 Å². The Labute approximate surface area is 196 Å². The molecule has 4 heterocycles. The monoisotopic (exact) mass is 460 g/mol. The third kappa shape index (κ3) is 3.76. The van der Waals surface area contributed by atoms with Crippen LogP contribution < -0.4 is 10.2 Å². The van der Waals surface area contributed by atoms with Gasteiger partial charge in [0.1, 0.15) is 12.1 Å². The molecule has 2 aromatic heterocycles. The highest BCUT2D eigenvalue weighted by molar-refractivity contribution is 6.06. The Balaban J connectivity index is 1.31. The van der Waals surface area contributed by atoms with Crippen molar-refractivity contribution in [3.63, 3.8) is 0 Å². The molecule has 0 bridgehead atoms. The lowest BCUT2D eigenvalue weighted by Crippen LogP contribution is -2.67. The van der Waals surface area contributed by atoms with Gasteiger partial charge in [-0.1, -0.05) is 18.2 Å². The average molecular weight is 461 g/mol. The summed E-state index contributed by atoms with van der Waals surface area (Å²) in [6, 6.07) is 11.1. The van der Waals surface area contributed by atoms with E-state index in [0.717, 1.165) is 11.3 Å². The summed E-state index contributed by atoms with van der Waals surface area (Å²) >= 11 is 0. The van der Waals surface area contributed by atoms with Crippen LogP contribution in [0.3, 0.4) is 0 Å². The van der Waals surface area contributed by atoms with Gasteiger partial charge in [0, 0.05) is 19.3 Å². The molecule has 0 saturated carbocycles. The number of carbonyl (C=O) groups is 2. The molecule has 1 aromatic carbocycles. The van der Waals surface area contributed by atoms with Crippen molar-refractivity contribution >= 4 is 17.6 Å². The van der Waals surface area contributed by atoms with Crippen LogP contribution >= 0.6 is 0 Å². The van der Waals surface area contributed by atoms with Gasteiger partial charge in [-0.25, -0.2) is 19.2 Å². The second-order valence-electron chi connectivity index (χ2n) is 8.79. The molecule has 9 heteroatoms. The smallest absolute Gasteiger partial charge is 0.317 e. The molecular formula is C25H25FN6O2. The van der Waals surface area contributed by atoms with Crippen molar-refractivity contribution in [2.75, 3.05) is 18.0 Å². The molecule has 34 heavy (non-hydrogen) atoms. The van der Waals surface area contributed by atoms with Crippen LogP contribution in [-0.2, 0) is 4.79 Å². The number of nitrogens with zero attached hydrogens (tertiary/aromatic N) is 5. The van der Waals surface area contributed by atoms with Gasteiger partial charge in [0.25, 0.3) is 0 Å². The normalized spacial score (nSPS) is 20.1. The van der Waals surface area contributed by atoms with E-state index in [4.69, 9.17) is 0 Å². The van der Waals surface area contributed by atoms with Gasteiger partial charge in [0.15, 0.2) is 0 Å². The summed E-state index contributed by atoms with van der Waals surface area (Å²) in [7, 11) is 0. The topological polar surface area (TPSA) is 91.3 Å². The van der Waals surface area contributed by atoms with E-state index in [1.807, 2.05) is 25.1 Å². The predicted molar refractivity (Wildman–Crippen MR) is 123 cm³/mol. The first-order valence-corrected chi connectivity index (χ1v) is 11.3. The van der Waals surface area contributed by atoms with Crippen molar-refractivity contribution < 1.29 is 14.0 Å². The van der Waals surface area contributed by atoms with Crippen LogP contribution in [0, 0.1) is 11.2 Å². The predicted octanol–water partition coefficient (Wildman–Crippen LogP) is 3.65. The molecule has 0 aliphatic carbocycles. The average Bonchev–Trinajstić information content (AvgIpc) is 2.88. The van der Waals surface area contributed by atoms with Gasteiger partial charge in [0.05, 0.1) is 41.3 Å². The number of urea groups is 1. The van der Waals surface area contributed by atoms with E-state index in [0.29, 0.717) is 31.6 Å². The maximum absolute atomic E-state index is 13.5. The lowest BCUT2D eigenvalue weighted by Gasteiger charge is -2.58. The van der Waals surface area contributed by atoms with Gasteiger partial charge in [-0.15, -0.1) is 0 Å². The lowest BCUT2D eigenvalue weighted by molar-refractivity contribution is -0.144. The SMILES string of the molecule is C[C@H](NC(=O)N1CCC2(CC1)C(=O)N(c1cncnc1)C2c1ccccn1)c1ccc(F)cc1. The van der Waals surface area contributed by atoms with Crippen LogP contribution in [0.25, 0.3) is 0 Å². The molecule has 174 valence electrons. The summed E-state index contributed by atoms with van der Waals surface area (Å²) < 4.78 is 13.2. The largest absolute Gasteiger partial charge is 0.331 e. The number of piperidine rings is 1. The fraction of sp³-hybridized carbons (Fsp3) is 0.320. The minimum Gasteiger partial charge on any atom is -0.331 e. The molecule has 2 saturated heterocycles. The third-order valence-electron chi connectivity index (χ3n) is 6.87. The molecular weight excluding hydrogens is 435 g/mol. The molecule has 3 amide bonds. The summed E-state index contributed by atoms with van der Waals surface area (Å²) in [5, 5.41) is 2.98. The zero-order chi connectivity index (χ0) is 23.7. The number of pyridine rings is 1. The van der Waals surface area contributed by atoms with Crippen molar-refractivity contribution in [1.29, 1.82) is 0 Å². The van der Waals surface area contributed by atoms with Gasteiger partial charge in [-0.2, -0.15) is 0 Å². The number of hydrogen-bond donors (Lipinski definition) is 1. The second kappa shape index (κ2) is 8.81. The summed E-state index contributed by atoms with van der Waals surface area (Å²) in [6.45, 7) is 2.77. The van der Waals surface area contributed by atoms with E-state index in [9.17, 15) is 14.0 Å². The van der Waals surface area contributed by atoms with E-state index in [2.05, 4.69) is 20.3 Å². The van der Waals surface area contributed by atoms with E-state index in [1.54, 1.807) is 40.5 Å². The van der Waals surface area contributed by atoms with Crippen LogP contribution in [0.15, 0.2) is 67.4 Å². The van der Waals surface area contributed by atoms with Gasteiger partial charge in [0.2, 0.25) is 5.91 Å². The van der Waals surface area contributed by atoms with E-state index in [-0.39, 0.29) is 29.8 Å². The first-order chi connectivity index (χ1) is 16.5. The molecule has 1 unspecified atom stereocenters. The first kappa shape index (κ1) is 21.9. The summed E-state index contributed by atoms with van der Waals surface area (Å²) in [5.74, 6) is -0.301. The number of benzene rings is 1. The Kier molecular flexibility index (Phi) is 5.69. The Morgan fingerprint density at radius 2 is 1.82 bits per heavy atom. The maximum Gasteiger partial charge on any atom is 0.317 e. The number of nitrogens with one attached hydrogen (secondary N) is 1. The standard InChI is InChI=1S/C25H25FN6O2/c1-17(18-5-7-19(26)8-6-18)30-24(34)31-12-9-25(10-13-31)22(21-4-2-3-11-29-21)32(23(25)33)20-14-27-16-28-15-20/h2-8,11,14-17,22H,9-10,12-13H2,1H3,(H,30,34)/t17-,22?/m0/s1. The minimum atomic E-state index is -0.621. The van der Waals surface area contributed by atoms with Crippen LogP contribution in [0.5, 0.6) is 0 Å². The number of halogens is 1. The molecule has 2 fully saturated rings. The fourth-order valence-corrected chi connectivity index (χ4v) is 5.00. The zero-order valence-electron chi connectivity index (χ0n) is 18.8. The van der Waals surface area contributed by atoms with Gasteiger partial charge < -0.3 is 10.2 Å². The van der Waals surface area contributed by atoms with Crippen LogP contribution in [0.1, 0.15) is 43.1 Å². The highest BCUT2D eigenvalue weighted by atomic mass is 19.1. The Morgan fingerprint density at radius 1 is 1.12 bits per heavy atom. The Hall–Kier alpha value is -3.88. The molecule has 3 aromatic rings. The van der Waals surface area contributed by atoms with Crippen molar-refractivity contribution in [2.45, 2.75) is 31.8 Å². The molecule has 2 atom stereocenters. The second-order valence-corrected chi connectivity index (χ2v) is 8.79. The van der Waals surface area contributed by atoms with Crippen LogP contribution in [-0.4, -0.2) is 44.9 Å². The number of amides is 3. The van der Waals surface area contributed by atoms with Crippen molar-refractivity contribution in [2.24, 2.45) is 5.41 Å². The highest BCUT2D eigenvalue weighted by Crippen LogP contribution is 2.56.